The summed E-state index contributed by atoms with van der Waals surface area (Å²) < 4.78 is 10.8. The molecule has 7 nitrogen and oxygen atoms in total. The highest BCUT2D eigenvalue weighted by atomic mass is 127. The predicted octanol–water partition coefficient (Wildman–Crippen LogP) is 4.40. The standard InChI is InChI=1S/C25H36N4O3.HI/c1-7-26-25(28(4)18-21-14-15-22(31-5)16-23(21)32-6)27-17-19-10-12-20(13-11-19)24(30)29(8-2)9-3;/h10-16H,7-9,17-18H2,1-6H3,(H,26,27);1H. The van der Waals surface area contributed by atoms with Gasteiger partial charge in [-0.05, 0) is 50.6 Å². The Labute approximate surface area is 215 Å². The Hall–Kier alpha value is -2.49. The molecule has 0 spiro atoms. The van der Waals surface area contributed by atoms with Crippen LogP contribution in [-0.2, 0) is 13.1 Å². The number of hydrogen-bond acceptors (Lipinski definition) is 4. The van der Waals surface area contributed by atoms with Crippen LogP contribution in [0.4, 0.5) is 0 Å². The molecular formula is C25H37IN4O3. The summed E-state index contributed by atoms with van der Waals surface area (Å²) in [5, 5.41) is 3.34. The van der Waals surface area contributed by atoms with E-state index in [4.69, 9.17) is 14.5 Å². The Morgan fingerprint density at radius 1 is 1.00 bits per heavy atom. The predicted molar refractivity (Wildman–Crippen MR) is 145 cm³/mol. The van der Waals surface area contributed by atoms with Crippen LogP contribution in [-0.4, -0.2) is 62.6 Å². The Morgan fingerprint density at radius 3 is 2.21 bits per heavy atom. The van der Waals surface area contributed by atoms with Gasteiger partial charge in [0, 0.05) is 50.4 Å². The molecule has 2 rings (SSSR count). The molecule has 182 valence electrons. The Balaban J connectivity index is 0.00000544. The maximum absolute atomic E-state index is 12.5. The number of nitrogens with one attached hydrogen (secondary N) is 1. The van der Waals surface area contributed by atoms with E-state index >= 15 is 0 Å². The number of rotatable bonds is 10. The van der Waals surface area contributed by atoms with Crippen molar-refractivity contribution in [2.75, 3.05) is 40.9 Å². The number of aliphatic imine (C=N–C) groups is 1. The first kappa shape index (κ1) is 28.5. The van der Waals surface area contributed by atoms with Gasteiger partial charge in [0.15, 0.2) is 5.96 Å². The zero-order valence-corrected chi connectivity index (χ0v) is 22.9. The van der Waals surface area contributed by atoms with Crippen molar-refractivity contribution in [3.8, 4) is 11.5 Å². The van der Waals surface area contributed by atoms with Crippen LogP contribution in [0, 0.1) is 0 Å². The summed E-state index contributed by atoms with van der Waals surface area (Å²) in [7, 11) is 5.30. The van der Waals surface area contributed by atoms with Crippen LogP contribution in [0.25, 0.3) is 0 Å². The molecule has 1 amide bonds. The molecule has 0 aliphatic carbocycles. The summed E-state index contributed by atoms with van der Waals surface area (Å²) in [4.78, 5) is 21.2. The first-order valence-electron chi connectivity index (χ1n) is 11.1. The molecule has 0 aromatic heterocycles. The Bertz CT molecular complexity index is 899. The van der Waals surface area contributed by atoms with Gasteiger partial charge in [0.05, 0.1) is 20.8 Å². The molecule has 2 aromatic rings. The van der Waals surface area contributed by atoms with Crippen molar-refractivity contribution >= 4 is 35.8 Å². The van der Waals surface area contributed by atoms with E-state index in [0.29, 0.717) is 31.7 Å². The summed E-state index contributed by atoms with van der Waals surface area (Å²) in [5.41, 5.74) is 2.80. The average molecular weight is 569 g/mol. The van der Waals surface area contributed by atoms with Gasteiger partial charge in [0.25, 0.3) is 5.91 Å². The third kappa shape index (κ3) is 8.10. The molecule has 33 heavy (non-hydrogen) atoms. The summed E-state index contributed by atoms with van der Waals surface area (Å²) in [6, 6.07) is 13.5. The first-order chi connectivity index (χ1) is 15.5. The average Bonchev–Trinajstić information content (AvgIpc) is 2.82. The van der Waals surface area contributed by atoms with E-state index in [1.807, 2.05) is 75.2 Å². The number of nitrogens with zero attached hydrogens (tertiary/aromatic N) is 3. The van der Waals surface area contributed by atoms with E-state index < -0.39 is 0 Å². The van der Waals surface area contributed by atoms with Crippen molar-refractivity contribution in [2.24, 2.45) is 4.99 Å². The van der Waals surface area contributed by atoms with Gasteiger partial charge in [0.2, 0.25) is 0 Å². The quantitative estimate of drug-likeness (QED) is 0.262. The summed E-state index contributed by atoms with van der Waals surface area (Å²) in [6.45, 7) is 9.36. The second kappa shape index (κ2) is 14.6. The zero-order chi connectivity index (χ0) is 23.5. The van der Waals surface area contributed by atoms with E-state index in [1.54, 1.807) is 14.2 Å². The minimum atomic E-state index is 0. The molecule has 0 saturated heterocycles. The summed E-state index contributed by atoms with van der Waals surface area (Å²) >= 11 is 0. The van der Waals surface area contributed by atoms with Crippen molar-refractivity contribution in [2.45, 2.75) is 33.9 Å². The van der Waals surface area contributed by atoms with Gasteiger partial charge in [-0.2, -0.15) is 0 Å². The highest BCUT2D eigenvalue weighted by Gasteiger charge is 2.13. The van der Waals surface area contributed by atoms with Gasteiger partial charge in [-0.3, -0.25) is 4.79 Å². The van der Waals surface area contributed by atoms with Crippen molar-refractivity contribution < 1.29 is 14.3 Å². The third-order valence-corrected chi connectivity index (χ3v) is 5.26. The van der Waals surface area contributed by atoms with Crippen LogP contribution in [0.2, 0.25) is 0 Å². The maximum atomic E-state index is 12.5. The molecule has 0 heterocycles. The topological polar surface area (TPSA) is 66.4 Å². The van der Waals surface area contributed by atoms with E-state index in [1.165, 1.54) is 0 Å². The highest BCUT2D eigenvalue weighted by Crippen LogP contribution is 2.25. The molecule has 0 aliphatic rings. The van der Waals surface area contributed by atoms with E-state index in [2.05, 4.69) is 10.2 Å². The van der Waals surface area contributed by atoms with Gasteiger partial charge >= 0.3 is 0 Å². The minimum Gasteiger partial charge on any atom is -0.497 e. The van der Waals surface area contributed by atoms with E-state index in [0.717, 1.165) is 35.1 Å². The first-order valence-corrected chi connectivity index (χ1v) is 11.1. The number of carbonyl (C=O) groups excluding carboxylic acids is 1. The number of benzene rings is 2. The molecule has 0 fully saturated rings. The number of amides is 1. The molecule has 8 heteroatoms. The van der Waals surface area contributed by atoms with Gasteiger partial charge in [-0.1, -0.05) is 12.1 Å². The van der Waals surface area contributed by atoms with E-state index in [9.17, 15) is 4.79 Å². The van der Waals surface area contributed by atoms with Crippen molar-refractivity contribution in [1.29, 1.82) is 0 Å². The number of methoxy groups -OCH3 is 2. The molecular weight excluding hydrogens is 531 g/mol. The fraction of sp³-hybridized carbons (Fsp3) is 0.440. The fourth-order valence-corrected chi connectivity index (χ4v) is 3.39. The van der Waals surface area contributed by atoms with Crippen LogP contribution in [0.5, 0.6) is 11.5 Å². The lowest BCUT2D eigenvalue weighted by Gasteiger charge is -2.23. The number of guanidine groups is 1. The second-order valence-electron chi connectivity index (χ2n) is 7.38. The molecule has 0 radical (unpaired) electrons. The third-order valence-electron chi connectivity index (χ3n) is 5.26. The monoisotopic (exact) mass is 568 g/mol. The lowest BCUT2D eigenvalue weighted by atomic mass is 10.1. The fourth-order valence-electron chi connectivity index (χ4n) is 3.39. The van der Waals surface area contributed by atoms with Crippen LogP contribution < -0.4 is 14.8 Å². The largest absolute Gasteiger partial charge is 0.497 e. The van der Waals surface area contributed by atoms with Crippen LogP contribution >= 0.6 is 24.0 Å². The van der Waals surface area contributed by atoms with Gasteiger partial charge in [-0.25, -0.2) is 4.99 Å². The smallest absolute Gasteiger partial charge is 0.253 e. The maximum Gasteiger partial charge on any atom is 0.253 e. The van der Waals surface area contributed by atoms with Crippen molar-refractivity contribution in [1.82, 2.24) is 15.1 Å². The number of carbonyl (C=O) groups is 1. The minimum absolute atomic E-state index is 0. The van der Waals surface area contributed by atoms with Crippen LogP contribution in [0.3, 0.4) is 0 Å². The molecule has 0 unspecified atom stereocenters. The van der Waals surface area contributed by atoms with Gasteiger partial charge < -0.3 is 24.6 Å². The number of halogens is 1. The molecule has 0 atom stereocenters. The molecule has 1 N–H and O–H groups in total. The normalized spacial score (nSPS) is 10.8. The molecule has 2 aromatic carbocycles. The van der Waals surface area contributed by atoms with E-state index in [-0.39, 0.29) is 29.9 Å². The second-order valence-corrected chi connectivity index (χ2v) is 7.38. The van der Waals surface area contributed by atoms with Gasteiger partial charge in [0.1, 0.15) is 11.5 Å². The SMILES string of the molecule is CCNC(=NCc1ccc(C(=O)N(CC)CC)cc1)N(C)Cc1ccc(OC)cc1OC.I. The van der Waals surface area contributed by atoms with Crippen molar-refractivity contribution in [3.63, 3.8) is 0 Å². The number of ether oxygens (including phenoxy) is 2. The molecule has 0 aliphatic heterocycles. The lowest BCUT2D eigenvalue weighted by molar-refractivity contribution is 0.0773. The lowest BCUT2D eigenvalue weighted by Crippen LogP contribution is -2.38. The summed E-state index contributed by atoms with van der Waals surface area (Å²) in [6.07, 6.45) is 0. The van der Waals surface area contributed by atoms with Gasteiger partial charge in [-0.15, -0.1) is 24.0 Å². The molecule has 0 bridgehead atoms. The zero-order valence-electron chi connectivity index (χ0n) is 20.6. The highest BCUT2D eigenvalue weighted by molar-refractivity contribution is 14.0. The molecule has 0 saturated carbocycles. The Morgan fingerprint density at radius 2 is 1.67 bits per heavy atom. The van der Waals surface area contributed by atoms with Crippen molar-refractivity contribution in [3.05, 3.63) is 59.2 Å². The summed E-state index contributed by atoms with van der Waals surface area (Å²) in [5.74, 6) is 2.40. The van der Waals surface area contributed by atoms with Crippen LogP contribution in [0.15, 0.2) is 47.5 Å². The number of hydrogen-bond donors (Lipinski definition) is 1. The Kier molecular flexibility index (Phi) is 12.6. The van der Waals surface area contributed by atoms with Crippen LogP contribution in [0.1, 0.15) is 42.3 Å².